The van der Waals surface area contributed by atoms with Crippen LogP contribution in [0.5, 0.6) is 0 Å². The van der Waals surface area contributed by atoms with Gasteiger partial charge in [-0.15, -0.1) is 0 Å². The summed E-state index contributed by atoms with van der Waals surface area (Å²) >= 11 is 0. The zero-order valence-corrected chi connectivity index (χ0v) is 12.6. The summed E-state index contributed by atoms with van der Waals surface area (Å²) in [6.07, 6.45) is 5.17. The van der Waals surface area contributed by atoms with Crippen LogP contribution in [0.25, 0.3) is 5.95 Å². The molecule has 7 heteroatoms. The fourth-order valence-corrected chi connectivity index (χ4v) is 1.91. The van der Waals surface area contributed by atoms with Crippen LogP contribution >= 0.6 is 0 Å². The summed E-state index contributed by atoms with van der Waals surface area (Å²) < 4.78 is 1.76. The molecule has 0 radical (unpaired) electrons. The first kappa shape index (κ1) is 14.2. The van der Waals surface area contributed by atoms with Gasteiger partial charge in [-0.25, -0.2) is 4.98 Å². The molecule has 2 aromatic heterocycles. The third-order valence-electron chi connectivity index (χ3n) is 2.62. The number of nitrogens with one attached hydrogen (secondary N) is 1. The fourth-order valence-electron chi connectivity index (χ4n) is 1.91. The van der Waals surface area contributed by atoms with Crippen LogP contribution in [-0.4, -0.2) is 45.1 Å². The Hall–Kier alpha value is -2.18. The summed E-state index contributed by atoms with van der Waals surface area (Å²) in [7, 11) is 3.78. The summed E-state index contributed by atoms with van der Waals surface area (Å²) in [5.41, 5.74) is 0.163. The molecule has 0 aliphatic carbocycles. The second-order valence-electron chi connectivity index (χ2n) is 5.90. The predicted molar refractivity (Wildman–Crippen MR) is 79.2 cm³/mol. The number of hydrogen-bond donors (Lipinski definition) is 1. The molecule has 0 aliphatic heterocycles. The van der Waals surface area contributed by atoms with E-state index in [-0.39, 0.29) is 5.41 Å². The Kier molecular flexibility index (Phi) is 3.87. The van der Waals surface area contributed by atoms with Crippen LogP contribution in [0.15, 0.2) is 18.7 Å². The van der Waals surface area contributed by atoms with Gasteiger partial charge in [0, 0.05) is 33.0 Å². The number of hydrogen-bond acceptors (Lipinski definition) is 6. The molecule has 0 saturated heterocycles. The zero-order valence-electron chi connectivity index (χ0n) is 12.6. The normalized spacial score (nSPS) is 11.4. The Balaban J connectivity index is 2.36. The number of nitrogens with zero attached hydrogens (tertiary/aromatic N) is 6. The van der Waals surface area contributed by atoms with E-state index in [0.717, 1.165) is 6.54 Å². The molecular weight excluding hydrogens is 254 g/mol. The molecule has 0 unspecified atom stereocenters. The molecule has 7 nitrogen and oxygen atoms in total. The van der Waals surface area contributed by atoms with Crippen molar-refractivity contribution in [3.8, 4) is 5.95 Å². The third-order valence-corrected chi connectivity index (χ3v) is 2.62. The van der Waals surface area contributed by atoms with E-state index < -0.39 is 0 Å². The second kappa shape index (κ2) is 5.44. The standard InChI is InChI=1S/C13H21N7/c1-13(2,3)8-19(5)11-16-10(14-4)17-12(18-11)20-7-6-15-9-20/h6-7,9H,8H2,1-5H3,(H,14,16,17,18). The molecule has 108 valence electrons. The minimum atomic E-state index is 0.163. The van der Waals surface area contributed by atoms with Crippen molar-refractivity contribution in [2.24, 2.45) is 5.41 Å². The van der Waals surface area contributed by atoms with E-state index in [0.29, 0.717) is 17.8 Å². The molecule has 1 N–H and O–H groups in total. The molecular formula is C13H21N7. The summed E-state index contributed by atoms with van der Waals surface area (Å²) in [5, 5.41) is 2.96. The lowest BCUT2D eigenvalue weighted by atomic mass is 9.96. The lowest BCUT2D eigenvalue weighted by Crippen LogP contribution is -2.31. The molecule has 0 bridgehead atoms. The molecule has 2 rings (SSSR count). The van der Waals surface area contributed by atoms with E-state index >= 15 is 0 Å². The monoisotopic (exact) mass is 275 g/mol. The molecule has 0 atom stereocenters. The molecule has 2 aromatic rings. The van der Waals surface area contributed by atoms with Gasteiger partial charge in [0.25, 0.3) is 0 Å². The summed E-state index contributed by atoms with van der Waals surface area (Å²) in [4.78, 5) is 19.3. The smallest absolute Gasteiger partial charge is 0.241 e. The van der Waals surface area contributed by atoms with Crippen molar-refractivity contribution in [3.05, 3.63) is 18.7 Å². The molecule has 20 heavy (non-hydrogen) atoms. The van der Waals surface area contributed by atoms with Crippen LogP contribution in [0.2, 0.25) is 0 Å². The van der Waals surface area contributed by atoms with Crippen LogP contribution in [-0.2, 0) is 0 Å². The van der Waals surface area contributed by atoms with E-state index in [2.05, 4.69) is 46.0 Å². The van der Waals surface area contributed by atoms with Gasteiger partial charge in [-0.3, -0.25) is 4.57 Å². The summed E-state index contributed by atoms with van der Waals surface area (Å²) in [5.74, 6) is 1.74. The van der Waals surface area contributed by atoms with Gasteiger partial charge in [0.1, 0.15) is 6.33 Å². The highest BCUT2D eigenvalue weighted by Crippen LogP contribution is 2.18. The highest BCUT2D eigenvalue weighted by Gasteiger charge is 2.17. The third kappa shape index (κ3) is 3.43. The van der Waals surface area contributed by atoms with E-state index in [4.69, 9.17) is 0 Å². The van der Waals surface area contributed by atoms with Crippen molar-refractivity contribution in [3.63, 3.8) is 0 Å². The average molecular weight is 275 g/mol. The summed E-state index contributed by atoms with van der Waals surface area (Å²) in [6.45, 7) is 7.39. The van der Waals surface area contributed by atoms with Gasteiger partial charge in [0.2, 0.25) is 17.8 Å². The van der Waals surface area contributed by atoms with Gasteiger partial charge in [-0.2, -0.15) is 15.0 Å². The Morgan fingerprint density at radius 2 is 2.00 bits per heavy atom. The lowest BCUT2D eigenvalue weighted by Gasteiger charge is -2.26. The van der Waals surface area contributed by atoms with Crippen molar-refractivity contribution in [2.45, 2.75) is 20.8 Å². The van der Waals surface area contributed by atoms with E-state index in [9.17, 15) is 0 Å². The first-order valence-corrected chi connectivity index (χ1v) is 6.52. The first-order chi connectivity index (χ1) is 9.39. The van der Waals surface area contributed by atoms with Crippen molar-refractivity contribution in [1.82, 2.24) is 24.5 Å². The Morgan fingerprint density at radius 3 is 2.55 bits per heavy atom. The Labute approximate surface area is 119 Å². The largest absolute Gasteiger partial charge is 0.357 e. The molecule has 0 aromatic carbocycles. The minimum absolute atomic E-state index is 0.163. The van der Waals surface area contributed by atoms with Crippen LogP contribution in [0.3, 0.4) is 0 Å². The van der Waals surface area contributed by atoms with Gasteiger partial charge < -0.3 is 10.2 Å². The molecule has 0 amide bonds. The average Bonchev–Trinajstić information content (AvgIpc) is 2.90. The van der Waals surface area contributed by atoms with E-state index in [1.807, 2.05) is 18.1 Å². The minimum Gasteiger partial charge on any atom is -0.357 e. The van der Waals surface area contributed by atoms with Crippen molar-refractivity contribution >= 4 is 11.9 Å². The van der Waals surface area contributed by atoms with Crippen LogP contribution in [0, 0.1) is 5.41 Å². The van der Waals surface area contributed by atoms with Crippen molar-refractivity contribution < 1.29 is 0 Å². The SMILES string of the molecule is CNc1nc(N(C)CC(C)(C)C)nc(-n2ccnc2)n1. The molecule has 0 saturated carbocycles. The van der Waals surface area contributed by atoms with Gasteiger partial charge >= 0.3 is 0 Å². The van der Waals surface area contributed by atoms with Crippen LogP contribution in [0.1, 0.15) is 20.8 Å². The lowest BCUT2D eigenvalue weighted by molar-refractivity contribution is 0.416. The highest BCUT2D eigenvalue weighted by molar-refractivity contribution is 5.39. The predicted octanol–water partition coefficient (Wildman–Crippen LogP) is 1.58. The number of imidazole rings is 1. The fraction of sp³-hybridized carbons (Fsp3) is 0.538. The number of anilines is 2. The maximum Gasteiger partial charge on any atom is 0.241 e. The van der Waals surface area contributed by atoms with Crippen molar-refractivity contribution in [2.75, 3.05) is 30.9 Å². The Bertz CT molecular complexity index is 557. The Morgan fingerprint density at radius 1 is 1.25 bits per heavy atom. The van der Waals surface area contributed by atoms with Gasteiger partial charge in [0.05, 0.1) is 0 Å². The second-order valence-corrected chi connectivity index (χ2v) is 5.90. The first-order valence-electron chi connectivity index (χ1n) is 6.52. The van der Waals surface area contributed by atoms with E-state index in [1.54, 1.807) is 24.1 Å². The molecule has 0 aliphatic rings. The number of aromatic nitrogens is 5. The van der Waals surface area contributed by atoms with Crippen LogP contribution in [0.4, 0.5) is 11.9 Å². The van der Waals surface area contributed by atoms with Crippen molar-refractivity contribution in [1.29, 1.82) is 0 Å². The highest BCUT2D eigenvalue weighted by atomic mass is 15.3. The molecule has 0 fully saturated rings. The van der Waals surface area contributed by atoms with Gasteiger partial charge in [0.15, 0.2) is 0 Å². The molecule has 2 heterocycles. The topological polar surface area (TPSA) is 71.8 Å². The zero-order chi connectivity index (χ0) is 14.8. The van der Waals surface area contributed by atoms with Gasteiger partial charge in [-0.1, -0.05) is 20.8 Å². The summed E-state index contributed by atoms with van der Waals surface area (Å²) in [6, 6.07) is 0. The number of rotatable bonds is 4. The quantitative estimate of drug-likeness (QED) is 0.913. The maximum absolute atomic E-state index is 4.49. The van der Waals surface area contributed by atoms with Crippen LogP contribution < -0.4 is 10.2 Å². The van der Waals surface area contributed by atoms with Gasteiger partial charge in [-0.05, 0) is 5.41 Å². The maximum atomic E-state index is 4.49. The molecule has 0 spiro atoms. The van der Waals surface area contributed by atoms with E-state index in [1.165, 1.54) is 0 Å².